The molecule has 168 valence electrons. The fraction of sp³-hybridized carbons (Fsp3) is 0.450. The minimum atomic E-state index is -3.94. The minimum Gasteiger partial charge on any atom is -0.468 e. The Bertz CT molecular complexity index is 1070. The summed E-state index contributed by atoms with van der Waals surface area (Å²) in [6.07, 6.45) is 0. The molecule has 11 heteroatoms. The Morgan fingerprint density at radius 1 is 1.29 bits per heavy atom. The van der Waals surface area contributed by atoms with Gasteiger partial charge in [-0.15, -0.1) is 0 Å². The normalized spacial score (nSPS) is 19.2. The van der Waals surface area contributed by atoms with Gasteiger partial charge >= 0.3 is 5.97 Å². The maximum atomic E-state index is 13.1. The molecule has 1 N–H and O–H groups in total. The van der Waals surface area contributed by atoms with Crippen molar-refractivity contribution in [3.63, 3.8) is 0 Å². The van der Waals surface area contributed by atoms with E-state index in [0.717, 1.165) is 0 Å². The zero-order valence-electron chi connectivity index (χ0n) is 17.9. The molecule has 1 aliphatic rings. The Kier molecular flexibility index (Phi) is 7.45. The van der Waals surface area contributed by atoms with Crippen molar-refractivity contribution in [3.05, 3.63) is 51.2 Å². The summed E-state index contributed by atoms with van der Waals surface area (Å²) >= 11 is 0. The Balaban J connectivity index is 2.65. The van der Waals surface area contributed by atoms with E-state index in [1.165, 1.54) is 32.2 Å². The van der Waals surface area contributed by atoms with E-state index in [2.05, 4.69) is 9.71 Å². The molecular weight excluding hydrogens is 426 g/mol. The van der Waals surface area contributed by atoms with Crippen LogP contribution in [0.5, 0.6) is 0 Å². The van der Waals surface area contributed by atoms with E-state index >= 15 is 0 Å². The highest BCUT2D eigenvalue weighted by Gasteiger charge is 2.42. The number of methoxy groups -OCH3 is 1. The number of ketones is 1. The number of benzene rings is 1. The third kappa shape index (κ3) is 5.61. The quantitative estimate of drug-likeness (QED) is 0.362. The SMILES string of the molecule is COC(=O)C1C(C)=NC(C)=C(C(=O)CS(=O)(=O)NC(C)C)C1c1cccc([N+](=O)[O-])c1. The second-order valence-electron chi connectivity index (χ2n) is 7.54. The topological polar surface area (TPSA) is 145 Å². The number of nitrogens with one attached hydrogen (secondary N) is 1. The number of allylic oxidation sites excluding steroid dienone is 2. The third-order valence-electron chi connectivity index (χ3n) is 4.76. The number of sulfonamides is 1. The maximum absolute atomic E-state index is 13.1. The average Bonchev–Trinajstić information content (AvgIpc) is 2.65. The lowest BCUT2D eigenvalue weighted by atomic mass is 9.74. The van der Waals surface area contributed by atoms with Crippen molar-refractivity contribution in [2.75, 3.05) is 12.9 Å². The van der Waals surface area contributed by atoms with Gasteiger partial charge in [0.2, 0.25) is 10.0 Å². The lowest BCUT2D eigenvalue weighted by molar-refractivity contribution is -0.384. The second-order valence-corrected chi connectivity index (χ2v) is 9.29. The van der Waals surface area contributed by atoms with E-state index < -0.39 is 50.3 Å². The van der Waals surface area contributed by atoms with Gasteiger partial charge in [0, 0.05) is 41.1 Å². The van der Waals surface area contributed by atoms with Gasteiger partial charge in [-0.25, -0.2) is 13.1 Å². The van der Waals surface area contributed by atoms with Gasteiger partial charge in [0.1, 0.15) is 11.7 Å². The van der Waals surface area contributed by atoms with Crippen LogP contribution in [0.4, 0.5) is 5.69 Å². The van der Waals surface area contributed by atoms with Crippen LogP contribution in [0.3, 0.4) is 0 Å². The summed E-state index contributed by atoms with van der Waals surface area (Å²) in [6.45, 7) is 6.38. The molecule has 10 nitrogen and oxygen atoms in total. The van der Waals surface area contributed by atoms with Crippen LogP contribution >= 0.6 is 0 Å². The Morgan fingerprint density at radius 3 is 2.48 bits per heavy atom. The van der Waals surface area contributed by atoms with Crippen molar-refractivity contribution in [3.8, 4) is 0 Å². The molecule has 0 fully saturated rings. The summed E-state index contributed by atoms with van der Waals surface area (Å²) in [5, 5.41) is 11.3. The second kappa shape index (κ2) is 9.48. The van der Waals surface area contributed by atoms with Gasteiger partial charge in [-0.05, 0) is 33.3 Å². The smallest absolute Gasteiger partial charge is 0.315 e. The molecule has 1 aromatic carbocycles. The number of nitro groups is 1. The molecule has 0 saturated heterocycles. The van der Waals surface area contributed by atoms with Crippen LogP contribution in [-0.2, 0) is 24.3 Å². The molecular formula is C20H25N3O7S. The van der Waals surface area contributed by atoms with E-state index in [1.807, 2.05) is 0 Å². The number of carbonyl (C=O) groups excluding carboxylic acids is 2. The van der Waals surface area contributed by atoms with Gasteiger partial charge in [-0.3, -0.25) is 24.7 Å². The number of ether oxygens (including phenoxy) is 1. The molecule has 2 rings (SSSR count). The van der Waals surface area contributed by atoms with Crippen LogP contribution < -0.4 is 4.72 Å². The number of carbonyl (C=O) groups is 2. The summed E-state index contributed by atoms with van der Waals surface area (Å²) in [7, 11) is -2.76. The molecule has 0 saturated carbocycles. The molecule has 2 unspecified atom stereocenters. The van der Waals surface area contributed by atoms with Gasteiger partial charge in [0.25, 0.3) is 5.69 Å². The molecule has 0 radical (unpaired) electrons. The zero-order chi connectivity index (χ0) is 23.5. The molecule has 0 amide bonds. The number of Topliss-reactive ketones (excluding diaryl/α,β-unsaturated/α-hetero) is 1. The van der Waals surface area contributed by atoms with Crippen molar-refractivity contribution in [1.82, 2.24) is 4.72 Å². The molecule has 0 aromatic heterocycles. The van der Waals surface area contributed by atoms with Crippen molar-refractivity contribution >= 4 is 33.2 Å². The first-order valence-corrected chi connectivity index (χ1v) is 11.1. The van der Waals surface area contributed by atoms with Gasteiger partial charge < -0.3 is 4.74 Å². The summed E-state index contributed by atoms with van der Waals surface area (Å²) in [6, 6.07) is 5.14. The van der Waals surface area contributed by atoms with E-state index in [4.69, 9.17) is 4.74 Å². The molecule has 0 spiro atoms. The first-order chi connectivity index (χ1) is 14.4. The van der Waals surface area contributed by atoms with E-state index in [1.54, 1.807) is 26.8 Å². The standard InChI is InChI=1S/C20H25N3O7S/c1-11(2)22-31(28,29)10-16(24)17-12(3)21-13(4)18(20(25)30-5)19(17)14-7-6-8-15(9-14)23(26)27/h6-9,11,18-19,22H,10H2,1-5H3. The highest BCUT2D eigenvalue weighted by Crippen LogP contribution is 2.40. The van der Waals surface area contributed by atoms with Gasteiger partial charge in [-0.1, -0.05) is 12.1 Å². The molecule has 1 heterocycles. The highest BCUT2D eigenvalue weighted by molar-refractivity contribution is 7.90. The predicted octanol–water partition coefficient (Wildman–Crippen LogP) is 2.11. The van der Waals surface area contributed by atoms with E-state index in [0.29, 0.717) is 11.3 Å². The first kappa shape index (κ1) is 24.4. The fourth-order valence-corrected chi connectivity index (χ4v) is 4.98. The van der Waals surface area contributed by atoms with Crippen molar-refractivity contribution in [2.24, 2.45) is 10.9 Å². The number of nitrogens with zero attached hydrogens (tertiary/aromatic N) is 2. The largest absolute Gasteiger partial charge is 0.468 e. The summed E-state index contributed by atoms with van der Waals surface area (Å²) in [4.78, 5) is 40.7. The van der Waals surface area contributed by atoms with Gasteiger partial charge in [0.05, 0.1) is 12.0 Å². The summed E-state index contributed by atoms with van der Waals surface area (Å²) in [5.74, 6) is -4.28. The van der Waals surface area contributed by atoms with Crippen LogP contribution in [-0.4, -0.2) is 49.7 Å². The van der Waals surface area contributed by atoms with Crippen LogP contribution in [0.1, 0.15) is 39.2 Å². The van der Waals surface area contributed by atoms with Crippen molar-refractivity contribution in [1.29, 1.82) is 0 Å². The Labute approximate surface area is 180 Å². The number of non-ortho nitro benzene ring substituents is 1. The molecule has 1 aromatic rings. The highest BCUT2D eigenvalue weighted by atomic mass is 32.2. The zero-order valence-corrected chi connectivity index (χ0v) is 18.7. The van der Waals surface area contributed by atoms with E-state index in [-0.39, 0.29) is 17.0 Å². The monoisotopic (exact) mass is 451 g/mol. The summed E-state index contributed by atoms with van der Waals surface area (Å²) < 4.78 is 31.9. The molecule has 1 aliphatic heterocycles. The summed E-state index contributed by atoms with van der Waals surface area (Å²) in [5.41, 5.74) is 0.714. The lowest BCUT2D eigenvalue weighted by Gasteiger charge is -2.31. The van der Waals surface area contributed by atoms with Crippen LogP contribution in [0.15, 0.2) is 40.5 Å². The van der Waals surface area contributed by atoms with Gasteiger partial charge in [0.15, 0.2) is 5.78 Å². The number of hydrogen-bond donors (Lipinski definition) is 1. The minimum absolute atomic E-state index is 0.00984. The molecule has 0 aliphatic carbocycles. The average molecular weight is 452 g/mol. The van der Waals surface area contributed by atoms with Crippen molar-refractivity contribution in [2.45, 2.75) is 39.7 Å². The molecule has 0 bridgehead atoms. The Morgan fingerprint density at radius 2 is 1.94 bits per heavy atom. The van der Waals surface area contributed by atoms with Gasteiger partial charge in [-0.2, -0.15) is 0 Å². The first-order valence-electron chi connectivity index (χ1n) is 9.49. The fourth-order valence-electron chi connectivity index (χ4n) is 3.68. The van der Waals surface area contributed by atoms with E-state index in [9.17, 15) is 28.1 Å². The maximum Gasteiger partial charge on any atom is 0.315 e. The number of hydrogen-bond acceptors (Lipinski definition) is 8. The third-order valence-corrected chi connectivity index (χ3v) is 6.23. The van der Waals surface area contributed by atoms with Crippen LogP contribution in [0.2, 0.25) is 0 Å². The lowest BCUT2D eigenvalue weighted by Crippen LogP contribution is -2.39. The van der Waals surface area contributed by atoms with Crippen LogP contribution in [0.25, 0.3) is 0 Å². The van der Waals surface area contributed by atoms with Crippen LogP contribution in [0, 0.1) is 16.0 Å². The van der Waals surface area contributed by atoms with Crippen molar-refractivity contribution < 1.29 is 27.7 Å². The predicted molar refractivity (Wildman–Crippen MR) is 114 cm³/mol. The number of esters is 1. The molecule has 31 heavy (non-hydrogen) atoms. The Hall–Kier alpha value is -2.92. The number of rotatable bonds is 8. The molecule has 2 atom stereocenters. The number of nitro benzene ring substituents is 1. The number of aliphatic imine (C=N–C) groups is 1.